The first-order valence-electron chi connectivity index (χ1n) is 8.26. The van der Waals surface area contributed by atoms with Gasteiger partial charge in [-0.05, 0) is 38.1 Å². The van der Waals surface area contributed by atoms with Crippen molar-refractivity contribution in [3.63, 3.8) is 0 Å². The van der Waals surface area contributed by atoms with E-state index in [4.69, 9.17) is 16.0 Å². The van der Waals surface area contributed by atoms with Gasteiger partial charge >= 0.3 is 0 Å². The summed E-state index contributed by atoms with van der Waals surface area (Å²) in [5.41, 5.74) is 2.47. The molecule has 1 aliphatic heterocycles. The number of fused-ring (bicyclic) bond motifs is 1. The molecule has 1 aromatic carbocycles. The number of hydrogen-bond donors (Lipinski definition) is 2. The van der Waals surface area contributed by atoms with Crippen molar-refractivity contribution in [2.45, 2.75) is 31.8 Å². The summed E-state index contributed by atoms with van der Waals surface area (Å²) in [4.78, 5) is 26.2. The Morgan fingerprint density at radius 3 is 2.88 bits per heavy atom. The van der Waals surface area contributed by atoms with E-state index >= 15 is 0 Å². The maximum Gasteiger partial charge on any atom is 0.237 e. The molecule has 134 valence electrons. The molecule has 1 aromatic heterocycles. The minimum atomic E-state index is -0.202. The Hall–Kier alpha value is -2.05. The van der Waals surface area contributed by atoms with E-state index in [2.05, 4.69) is 10.6 Å². The standard InChI is InChI=1S/C18H22ClN3O3/c1-10-4-16-13(7-14(10)19)11(9-25-16)5-17(23)21-12-6-15(18(24)20-2)22(3)8-12/h4,7,9,12,15H,5-6,8H2,1-3H3,(H,20,24)(H,21,23)/t12-,15+/m1/s1. The number of hydrogen-bond acceptors (Lipinski definition) is 4. The number of benzene rings is 1. The van der Waals surface area contributed by atoms with Crippen LogP contribution in [0, 0.1) is 6.92 Å². The lowest BCUT2D eigenvalue weighted by Gasteiger charge is -2.16. The SMILES string of the molecule is CNC(=O)[C@@H]1C[C@@H](NC(=O)Cc2coc3cc(C)c(Cl)cc23)CN1C. The largest absolute Gasteiger partial charge is 0.464 e. The Morgan fingerprint density at radius 2 is 2.16 bits per heavy atom. The average molecular weight is 364 g/mol. The molecule has 0 spiro atoms. The number of nitrogens with zero attached hydrogens (tertiary/aromatic N) is 1. The maximum absolute atomic E-state index is 12.4. The Kier molecular flexibility index (Phi) is 5.01. The van der Waals surface area contributed by atoms with Gasteiger partial charge in [-0.2, -0.15) is 0 Å². The first-order valence-corrected chi connectivity index (χ1v) is 8.64. The van der Waals surface area contributed by atoms with Crippen LogP contribution in [0.1, 0.15) is 17.5 Å². The van der Waals surface area contributed by atoms with E-state index in [9.17, 15) is 9.59 Å². The summed E-state index contributed by atoms with van der Waals surface area (Å²) < 4.78 is 5.54. The minimum absolute atomic E-state index is 0.0231. The zero-order chi connectivity index (χ0) is 18.1. The highest BCUT2D eigenvalue weighted by Crippen LogP contribution is 2.28. The van der Waals surface area contributed by atoms with Crippen molar-refractivity contribution < 1.29 is 14.0 Å². The van der Waals surface area contributed by atoms with E-state index in [1.165, 1.54) is 0 Å². The monoisotopic (exact) mass is 363 g/mol. The van der Waals surface area contributed by atoms with Crippen LogP contribution in [0.25, 0.3) is 11.0 Å². The van der Waals surface area contributed by atoms with Crippen molar-refractivity contribution in [3.8, 4) is 0 Å². The van der Waals surface area contributed by atoms with Gasteiger partial charge in [-0.25, -0.2) is 0 Å². The summed E-state index contributed by atoms with van der Waals surface area (Å²) in [6.07, 6.45) is 2.43. The summed E-state index contributed by atoms with van der Waals surface area (Å²) >= 11 is 6.18. The van der Waals surface area contributed by atoms with Crippen molar-refractivity contribution in [3.05, 3.63) is 34.5 Å². The van der Waals surface area contributed by atoms with Crippen molar-refractivity contribution in [1.29, 1.82) is 0 Å². The van der Waals surface area contributed by atoms with Crippen LogP contribution in [-0.4, -0.2) is 49.4 Å². The van der Waals surface area contributed by atoms with E-state index in [0.29, 0.717) is 18.0 Å². The molecular formula is C18H22ClN3O3. The summed E-state index contributed by atoms with van der Waals surface area (Å²) in [7, 11) is 3.51. The third-order valence-corrected chi connectivity index (χ3v) is 5.16. The Bertz CT molecular complexity index is 817. The molecule has 1 fully saturated rings. The molecule has 7 heteroatoms. The van der Waals surface area contributed by atoms with Gasteiger partial charge in [-0.3, -0.25) is 14.5 Å². The molecule has 3 rings (SSSR count). The molecular weight excluding hydrogens is 342 g/mol. The highest BCUT2D eigenvalue weighted by molar-refractivity contribution is 6.32. The zero-order valence-corrected chi connectivity index (χ0v) is 15.3. The summed E-state index contributed by atoms with van der Waals surface area (Å²) in [6.45, 7) is 2.57. The Balaban J connectivity index is 1.66. The third kappa shape index (κ3) is 3.65. The molecule has 1 saturated heterocycles. The van der Waals surface area contributed by atoms with Gasteiger partial charge in [0, 0.05) is 35.6 Å². The molecule has 1 aliphatic rings. The number of aryl methyl sites for hydroxylation is 1. The summed E-state index contributed by atoms with van der Waals surface area (Å²) in [5, 5.41) is 7.18. The first-order chi connectivity index (χ1) is 11.9. The smallest absolute Gasteiger partial charge is 0.237 e. The second kappa shape index (κ2) is 7.06. The summed E-state index contributed by atoms with van der Waals surface area (Å²) in [6, 6.07) is 3.47. The average Bonchev–Trinajstić information content (AvgIpc) is 3.11. The molecule has 0 unspecified atom stereocenters. The molecule has 2 aromatic rings. The van der Waals surface area contributed by atoms with Crippen LogP contribution in [0.5, 0.6) is 0 Å². The molecule has 0 aliphatic carbocycles. The highest BCUT2D eigenvalue weighted by Gasteiger charge is 2.34. The van der Waals surface area contributed by atoms with E-state index < -0.39 is 0 Å². The van der Waals surface area contributed by atoms with Crippen molar-refractivity contribution in [2.24, 2.45) is 0 Å². The van der Waals surface area contributed by atoms with Gasteiger partial charge in [0.15, 0.2) is 0 Å². The van der Waals surface area contributed by atoms with Crippen LogP contribution >= 0.6 is 11.6 Å². The van der Waals surface area contributed by atoms with Gasteiger partial charge in [-0.15, -0.1) is 0 Å². The molecule has 2 heterocycles. The Labute approximate surface area is 151 Å². The van der Waals surface area contributed by atoms with Crippen LogP contribution in [0.15, 0.2) is 22.8 Å². The number of carbonyl (C=O) groups is 2. The predicted molar refractivity (Wildman–Crippen MR) is 96.7 cm³/mol. The van der Waals surface area contributed by atoms with Crippen LogP contribution in [0.2, 0.25) is 5.02 Å². The maximum atomic E-state index is 12.4. The lowest BCUT2D eigenvalue weighted by atomic mass is 10.1. The van der Waals surface area contributed by atoms with Crippen molar-refractivity contribution in [2.75, 3.05) is 20.6 Å². The number of halogens is 1. The quantitative estimate of drug-likeness (QED) is 0.869. The molecule has 25 heavy (non-hydrogen) atoms. The molecule has 0 radical (unpaired) electrons. The number of nitrogens with one attached hydrogen (secondary N) is 2. The lowest BCUT2D eigenvalue weighted by molar-refractivity contribution is -0.125. The van der Waals surface area contributed by atoms with Gasteiger partial charge in [0.2, 0.25) is 11.8 Å². The normalized spacial score (nSPS) is 20.8. The highest BCUT2D eigenvalue weighted by atomic mass is 35.5. The fraction of sp³-hybridized carbons (Fsp3) is 0.444. The second-order valence-corrected chi connectivity index (χ2v) is 7.01. The number of amides is 2. The van der Waals surface area contributed by atoms with E-state index in [0.717, 1.165) is 22.1 Å². The number of likely N-dealkylation sites (N-methyl/N-ethyl adjacent to an activating group) is 2. The van der Waals surface area contributed by atoms with Gasteiger partial charge in [0.1, 0.15) is 5.58 Å². The minimum Gasteiger partial charge on any atom is -0.464 e. The zero-order valence-electron chi connectivity index (χ0n) is 14.6. The molecule has 6 nitrogen and oxygen atoms in total. The van der Waals surface area contributed by atoms with E-state index in [-0.39, 0.29) is 30.3 Å². The van der Waals surface area contributed by atoms with Gasteiger partial charge in [-0.1, -0.05) is 11.6 Å². The number of furan rings is 1. The molecule has 0 bridgehead atoms. The van der Waals surface area contributed by atoms with Gasteiger partial charge < -0.3 is 15.1 Å². The Morgan fingerprint density at radius 1 is 1.40 bits per heavy atom. The van der Waals surface area contributed by atoms with Gasteiger partial charge in [0.25, 0.3) is 0 Å². The number of rotatable bonds is 4. The van der Waals surface area contributed by atoms with Crippen LogP contribution < -0.4 is 10.6 Å². The number of carbonyl (C=O) groups excluding carboxylic acids is 2. The fourth-order valence-corrected chi connectivity index (χ4v) is 3.53. The van der Waals surface area contributed by atoms with Crippen LogP contribution in [0.3, 0.4) is 0 Å². The summed E-state index contributed by atoms with van der Waals surface area (Å²) in [5.74, 6) is -0.111. The molecule has 2 N–H and O–H groups in total. The number of likely N-dealkylation sites (tertiary alicyclic amines) is 1. The molecule has 2 amide bonds. The topological polar surface area (TPSA) is 74.6 Å². The fourth-order valence-electron chi connectivity index (χ4n) is 3.37. The van der Waals surface area contributed by atoms with Crippen LogP contribution in [0.4, 0.5) is 0 Å². The van der Waals surface area contributed by atoms with E-state index in [1.807, 2.05) is 31.0 Å². The van der Waals surface area contributed by atoms with Gasteiger partial charge in [0.05, 0.1) is 18.7 Å². The first kappa shape index (κ1) is 17.8. The lowest BCUT2D eigenvalue weighted by Crippen LogP contribution is -2.39. The van der Waals surface area contributed by atoms with Crippen LogP contribution in [-0.2, 0) is 16.0 Å². The second-order valence-electron chi connectivity index (χ2n) is 6.61. The third-order valence-electron chi connectivity index (χ3n) is 4.75. The van der Waals surface area contributed by atoms with Crippen molar-refractivity contribution in [1.82, 2.24) is 15.5 Å². The molecule has 2 atom stereocenters. The molecule has 0 saturated carbocycles. The van der Waals surface area contributed by atoms with Crippen molar-refractivity contribution >= 4 is 34.4 Å². The van der Waals surface area contributed by atoms with E-state index in [1.54, 1.807) is 13.3 Å². The predicted octanol–water partition coefficient (Wildman–Crippen LogP) is 1.87.